The first-order valence-corrected chi connectivity index (χ1v) is 6.85. The fourth-order valence-electron chi connectivity index (χ4n) is 2.33. The van der Waals surface area contributed by atoms with Gasteiger partial charge in [0.25, 0.3) is 0 Å². The number of nitrogens with zero attached hydrogens (tertiary/aromatic N) is 1. The monoisotopic (exact) mass is 268 g/mol. The minimum atomic E-state index is -0.451. The molecular weight excluding hydrogens is 246 g/mol. The number of hydrogen-bond donors (Lipinski definition) is 1. The lowest BCUT2D eigenvalue weighted by molar-refractivity contribution is 0.422. The van der Waals surface area contributed by atoms with Crippen molar-refractivity contribution in [3.8, 4) is 0 Å². The Bertz CT molecular complexity index is 423. The van der Waals surface area contributed by atoms with Crippen LogP contribution in [0.1, 0.15) is 39.2 Å². The Morgan fingerprint density at radius 3 is 2.11 bits per heavy atom. The standard InChI is InChI=1S/C15H22F2N2/c1-15(2,3)18-10-11-8-12(16)14(13(17)9-11)19-6-4-5-7-19/h8-9,18H,4-7,10H2,1-3H3. The van der Waals surface area contributed by atoms with Gasteiger partial charge in [-0.2, -0.15) is 0 Å². The summed E-state index contributed by atoms with van der Waals surface area (Å²) in [4.78, 5) is 1.80. The molecule has 1 saturated heterocycles. The molecule has 0 amide bonds. The zero-order valence-corrected chi connectivity index (χ0v) is 11.9. The third-order valence-corrected chi connectivity index (χ3v) is 3.32. The number of rotatable bonds is 3. The molecule has 1 aromatic rings. The molecule has 1 aliphatic heterocycles. The zero-order valence-electron chi connectivity index (χ0n) is 11.9. The maximum absolute atomic E-state index is 14.1. The molecule has 0 bridgehead atoms. The molecule has 0 aliphatic carbocycles. The Kier molecular flexibility index (Phi) is 4.09. The largest absolute Gasteiger partial charge is 0.367 e. The van der Waals surface area contributed by atoms with Gasteiger partial charge in [0.15, 0.2) is 0 Å². The Morgan fingerprint density at radius 1 is 1.11 bits per heavy atom. The summed E-state index contributed by atoms with van der Waals surface area (Å²) in [6.45, 7) is 8.04. The molecule has 2 rings (SSSR count). The predicted octanol–water partition coefficient (Wildman–Crippen LogP) is 3.45. The van der Waals surface area contributed by atoms with Gasteiger partial charge in [-0.05, 0) is 51.3 Å². The van der Waals surface area contributed by atoms with Crippen molar-refractivity contribution in [1.82, 2.24) is 5.32 Å². The van der Waals surface area contributed by atoms with E-state index in [1.165, 1.54) is 12.1 Å². The average molecular weight is 268 g/mol. The van der Waals surface area contributed by atoms with Gasteiger partial charge in [0.1, 0.15) is 17.3 Å². The Balaban J connectivity index is 2.16. The Hall–Kier alpha value is -1.16. The van der Waals surface area contributed by atoms with Gasteiger partial charge in [0.2, 0.25) is 0 Å². The maximum atomic E-state index is 14.1. The summed E-state index contributed by atoms with van der Waals surface area (Å²) in [5.41, 5.74) is 0.713. The van der Waals surface area contributed by atoms with Crippen LogP contribution >= 0.6 is 0 Å². The lowest BCUT2D eigenvalue weighted by Crippen LogP contribution is -2.35. The molecule has 0 spiro atoms. The first kappa shape index (κ1) is 14.3. The molecule has 0 saturated carbocycles. The van der Waals surface area contributed by atoms with Gasteiger partial charge >= 0.3 is 0 Å². The van der Waals surface area contributed by atoms with Crippen LogP contribution in [0.25, 0.3) is 0 Å². The quantitative estimate of drug-likeness (QED) is 0.903. The van der Waals surface area contributed by atoms with E-state index in [0.717, 1.165) is 25.9 Å². The van der Waals surface area contributed by atoms with Crippen molar-refractivity contribution in [2.75, 3.05) is 18.0 Å². The van der Waals surface area contributed by atoms with Crippen LogP contribution in [0.3, 0.4) is 0 Å². The first-order valence-electron chi connectivity index (χ1n) is 6.85. The second-order valence-corrected chi connectivity index (χ2v) is 6.21. The summed E-state index contributed by atoms with van der Waals surface area (Å²) in [5, 5.41) is 3.23. The topological polar surface area (TPSA) is 15.3 Å². The molecule has 4 heteroatoms. The van der Waals surface area contributed by atoms with E-state index in [0.29, 0.717) is 12.1 Å². The van der Waals surface area contributed by atoms with E-state index in [4.69, 9.17) is 0 Å². The highest BCUT2D eigenvalue weighted by atomic mass is 19.1. The summed E-state index contributed by atoms with van der Waals surface area (Å²) in [6, 6.07) is 2.88. The van der Waals surface area contributed by atoms with Gasteiger partial charge in [-0.3, -0.25) is 0 Å². The average Bonchev–Trinajstić information content (AvgIpc) is 2.78. The molecule has 2 nitrogen and oxygen atoms in total. The maximum Gasteiger partial charge on any atom is 0.149 e. The molecular formula is C15H22F2N2. The third kappa shape index (κ3) is 3.66. The second kappa shape index (κ2) is 5.45. The van der Waals surface area contributed by atoms with Crippen LogP contribution in [0, 0.1) is 11.6 Å². The fourth-order valence-corrected chi connectivity index (χ4v) is 2.33. The number of benzene rings is 1. The molecule has 106 valence electrons. The van der Waals surface area contributed by atoms with E-state index in [1.807, 2.05) is 20.8 Å². The normalized spacial score (nSPS) is 16.2. The molecule has 1 aromatic carbocycles. The molecule has 1 fully saturated rings. The first-order chi connectivity index (χ1) is 8.87. The summed E-state index contributed by atoms with van der Waals surface area (Å²) in [5.74, 6) is -0.903. The van der Waals surface area contributed by atoms with E-state index in [1.54, 1.807) is 4.90 Å². The van der Waals surface area contributed by atoms with Crippen molar-refractivity contribution >= 4 is 5.69 Å². The SMILES string of the molecule is CC(C)(C)NCc1cc(F)c(N2CCCC2)c(F)c1. The zero-order chi connectivity index (χ0) is 14.0. The summed E-state index contributed by atoms with van der Waals surface area (Å²) < 4.78 is 28.1. The molecule has 0 atom stereocenters. The van der Waals surface area contributed by atoms with Gasteiger partial charge < -0.3 is 10.2 Å². The highest BCUT2D eigenvalue weighted by molar-refractivity contribution is 5.51. The summed E-state index contributed by atoms with van der Waals surface area (Å²) in [7, 11) is 0. The van der Waals surface area contributed by atoms with E-state index < -0.39 is 11.6 Å². The number of nitrogens with one attached hydrogen (secondary N) is 1. The molecule has 0 aromatic heterocycles. The third-order valence-electron chi connectivity index (χ3n) is 3.32. The van der Waals surface area contributed by atoms with Crippen LogP contribution in [0.5, 0.6) is 0 Å². The highest BCUT2D eigenvalue weighted by Crippen LogP contribution is 2.28. The molecule has 0 unspecified atom stereocenters. The van der Waals surface area contributed by atoms with E-state index in [2.05, 4.69) is 5.32 Å². The molecule has 0 radical (unpaired) electrons. The molecule has 1 N–H and O–H groups in total. The molecule has 1 aliphatic rings. The number of hydrogen-bond acceptors (Lipinski definition) is 2. The van der Waals surface area contributed by atoms with E-state index in [-0.39, 0.29) is 11.2 Å². The molecule has 19 heavy (non-hydrogen) atoms. The van der Waals surface area contributed by atoms with Crippen LogP contribution < -0.4 is 10.2 Å². The van der Waals surface area contributed by atoms with Gasteiger partial charge in [-0.1, -0.05) is 0 Å². The lowest BCUT2D eigenvalue weighted by Gasteiger charge is -2.22. The van der Waals surface area contributed by atoms with Gasteiger partial charge in [-0.15, -0.1) is 0 Å². The van der Waals surface area contributed by atoms with Crippen molar-refractivity contribution in [3.63, 3.8) is 0 Å². The van der Waals surface area contributed by atoms with Crippen molar-refractivity contribution in [3.05, 3.63) is 29.3 Å². The lowest BCUT2D eigenvalue weighted by atomic mass is 10.1. The van der Waals surface area contributed by atoms with Crippen LogP contribution in [-0.4, -0.2) is 18.6 Å². The summed E-state index contributed by atoms with van der Waals surface area (Å²) >= 11 is 0. The smallest absolute Gasteiger partial charge is 0.149 e. The van der Waals surface area contributed by atoms with Crippen LogP contribution in [0.15, 0.2) is 12.1 Å². The fraction of sp³-hybridized carbons (Fsp3) is 0.600. The minimum Gasteiger partial charge on any atom is -0.367 e. The van der Waals surface area contributed by atoms with Crippen LogP contribution in [-0.2, 0) is 6.54 Å². The van der Waals surface area contributed by atoms with E-state index in [9.17, 15) is 8.78 Å². The van der Waals surface area contributed by atoms with Crippen molar-refractivity contribution in [2.45, 2.75) is 45.7 Å². The van der Waals surface area contributed by atoms with E-state index >= 15 is 0 Å². The highest BCUT2D eigenvalue weighted by Gasteiger charge is 2.21. The number of anilines is 1. The van der Waals surface area contributed by atoms with Gasteiger partial charge in [0.05, 0.1) is 0 Å². The predicted molar refractivity (Wildman–Crippen MR) is 74.4 cm³/mol. The van der Waals surface area contributed by atoms with Crippen molar-refractivity contribution in [1.29, 1.82) is 0 Å². The Morgan fingerprint density at radius 2 is 1.63 bits per heavy atom. The minimum absolute atomic E-state index is 0.0689. The second-order valence-electron chi connectivity index (χ2n) is 6.21. The van der Waals surface area contributed by atoms with Crippen LogP contribution in [0.2, 0.25) is 0 Å². The number of halogens is 2. The van der Waals surface area contributed by atoms with Crippen LogP contribution in [0.4, 0.5) is 14.5 Å². The summed E-state index contributed by atoms with van der Waals surface area (Å²) in [6.07, 6.45) is 2.01. The van der Waals surface area contributed by atoms with Crippen molar-refractivity contribution < 1.29 is 8.78 Å². The van der Waals surface area contributed by atoms with Gasteiger partial charge in [-0.25, -0.2) is 8.78 Å². The van der Waals surface area contributed by atoms with Crippen molar-refractivity contribution in [2.24, 2.45) is 0 Å². The van der Waals surface area contributed by atoms with Gasteiger partial charge in [0, 0.05) is 25.2 Å². The molecule has 1 heterocycles. The Labute approximate surface area is 113 Å².